The molecule has 7 nitrogen and oxygen atoms in total. The number of H-pyrrole nitrogens is 2. The van der Waals surface area contributed by atoms with Crippen LogP contribution in [0.5, 0.6) is 0 Å². The molecule has 0 aliphatic carbocycles. The third-order valence-electron chi connectivity index (χ3n) is 3.74. The number of nitrogens with two attached hydrogens (primary N) is 1. The minimum atomic E-state index is -0.238. The smallest absolute Gasteiger partial charge is 0.270 e. The zero-order chi connectivity index (χ0) is 17.1. The molecule has 2 aromatic heterocycles. The van der Waals surface area contributed by atoms with Gasteiger partial charge in [-0.1, -0.05) is 30.3 Å². The topological polar surface area (TPSA) is 112 Å². The lowest BCUT2D eigenvalue weighted by atomic mass is 10.0. The zero-order valence-corrected chi connectivity index (χ0v) is 13.6. The molecule has 3 aromatic rings. The monoisotopic (exact) mass is 324 g/mol. The van der Waals surface area contributed by atoms with E-state index in [9.17, 15) is 4.79 Å². The number of aryl methyl sites for hydroxylation is 1. The van der Waals surface area contributed by atoms with Crippen LogP contribution in [0.1, 0.15) is 28.8 Å². The minimum Gasteiger partial charge on any atom is -0.382 e. The highest BCUT2D eigenvalue weighted by Gasteiger charge is 2.20. The molecule has 0 radical (unpaired) electrons. The largest absolute Gasteiger partial charge is 0.382 e. The molecule has 2 heterocycles. The molecule has 1 aromatic carbocycles. The Labute approximate surface area is 139 Å². The third-order valence-corrected chi connectivity index (χ3v) is 3.74. The summed E-state index contributed by atoms with van der Waals surface area (Å²) >= 11 is 0. The lowest BCUT2D eigenvalue weighted by molar-refractivity contribution is 0.0935. The number of anilines is 1. The van der Waals surface area contributed by atoms with Gasteiger partial charge >= 0.3 is 0 Å². The van der Waals surface area contributed by atoms with Crippen molar-refractivity contribution in [2.75, 3.05) is 5.73 Å². The van der Waals surface area contributed by atoms with Crippen molar-refractivity contribution in [2.45, 2.75) is 26.3 Å². The van der Waals surface area contributed by atoms with E-state index >= 15 is 0 Å². The molecule has 7 heteroatoms. The summed E-state index contributed by atoms with van der Waals surface area (Å²) in [4.78, 5) is 12.6. The number of aromatic amines is 2. The van der Waals surface area contributed by atoms with Gasteiger partial charge in [0.15, 0.2) is 5.82 Å². The van der Waals surface area contributed by atoms with Gasteiger partial charge in [0, 0.05) is 18.2 Å². The fourth-order valence-corrected chi connectivity index (χ4v) is 2.66. The Morgan fingerprint density at radius 1 is 1.25 bits per heavy atom. The molecule has 24 heavy (non-hydrogen) atoms. The van der Waals surface area contributed by atoms with Crippen LogP contribution in [0, 0.1) is 6.92 Å². The van der Waals surface area contributed by atoms with Crippen LogP contribution in [0.25, 0.3) is 11.1 Å². The number of nitrogens with one attached hydrogen (secondary N) is 3. The van der Waals surface area contributed by atoms with Crippen molar-refractivity contribution in [1.29, 1.82) is 0 Å². The average Bonchev–Trinajstić information content (AvgIpc) is 3.13. The van der Waals surface area contributed by atoms with Crippen molar-refractivity contribution in [1.82, 2.24) is 25.7 Å². The summed E-state index contributed by atoms with van der Waals surface area (Å²) in [7, 11) is 0. The van der Waals surface area contributed by atoms with Gasteiger partial charge in [-0.15, -0.1) is 0 Å². The second-order valence-corrected chi connectivity index (χ2v) is 5.85. The molecule has 0 saturated heterocycles. The van der Waals surface area contributed by atoms with Crippen molar-refractivity contribution in [3.05, 3.63) is 53.5 Å². The summed E-state index contributed by atoms with van der Waals surface area (Å²) in [5, 5.41) is 16.8. The predicted molar refractivity (Wildman–Crippen MR) is 92.4 cm³/mol. The fraction of sp³-hybridized carbons (Fsp3) is 0.235. The lowest BCUT2D eigenvalue weighted by Gasteiger charge is -2.12. The van der Waals surface area contributed by atoms with Gasteiger partial charge in [-0.3, -0.25) is 15.0 Å². The molecule has 5 N–H and O–H groups in total. The fourth-order valence-electron chi connectivity index (χ4n) is 2.66. The van der Waals surface area contributed by atoms with Crippen LogP contribution in [0.2, 0.25) is 0 Å². The number of carbonyl (C=O) groups is 1. The molecule has 124 valence electrons. The van der Waals surface area contributed by atoms with Crippen molar-refractivity contribution in [2.24, 2.45) is 0 Å². The Kier molecular flexibility index (Phi) is 4.33. The molecule has 1 atom stereocenters. The zero-order valence-electron chi connectivity index (χ0n) is 13.6. The number of nitrogens with zero attached hydrogens (tertiary/aromatic N) is 2. The maximum absolute atomic E-state index is 12.6. The first kappa shape index (κ1) is 15.8. The van der Waals surface area contributed by atoms with Gasteiger partial charge in [0.05, 0.1) is 11.3 Å². The normalized spacial score (nSPS) is 12.1. The molecule has 0 bridgehead atoms. The standard InChI is InChI=1S/C17H20N6O/c1-10(8-13-9-11(2)20-21-13)19-17(24)15-14(16(18)23-22-15)12-6-4-3-5-7-12/h3-7,9-10H,8H2,1-2H3,(H,19,24)(H,20,21)(H3,18,22,23)/t10-/m1/s1. The Morgan fingerprint density at radius 3 is 2.67 bits per heavy atom. The van der Waals surface area contributed by atoms with Crippen LogP contribution in [0.3, 0.4) is 0 Å². The van der Waals surface area contributed by atoms with Crippen molar-refractivity contribution < 1.29 is 4.79 Å². The van der Waals surface area contributed by atoms with Gasteiger partial charge in [-0.25, -0.2) is 0 Å². The Hall–Kier alpha value is -3.09. The Bertz CT molecular complexity index is 836. The third kappa shape index (κ3) is 3.29. The van der Waals surface area contributed by atoms with E-state index in [0.717, 1.165) is 17.0 Å². The van der Waals surface area contributed by atoms with Crippen molar-refractivity contribution >= 4 is 11.7 Å². The quantitative estimate of drug-likeness (QED) is 0.575. The molecular weight excluding hydrogens is 304 g/mol. The number of rotatable bonds is 5. The van der Waals surface area contributed by atoms with Crippen LogP contribution in [0.15, 0.2) is 36.4 Å². The molecular formula is C17H20N6O. The second kappa shape index (κ2) is 6.57. The molecule has 0 aliphatic heterocycles. The molecule has 0 unspecified atom stereocenters. The number of amides is 1. The van der Waals surface area contributed by atoms with E-state index in [1.165, 1.54) is 0 Å². The summed E-state index contributed by atoms with van der Waals surface area (Å²) in [5.74, 6) is 0.0692. The summed E-state index contributed by atoms with van der Waals surface area (Å²) in [6.45, 7) is 3.88. The van der Waals surface area contributed by atoms with Gasteiger partial charge in [-0.2, -0.15) is 10.2 Å². The van der Waals surface area contributed by atoms with E-state index in [4.69, 9.17) is 5.73 Å². The van der Waals surface area contributed by atoms with Crippen LogP contribution in [0.4, 0.5) is 5.82 Å². The van der Waals surface area contributed by atoms with E-state index < -0.39 is 0 Å². The van der Waals surface area contributed by atoms with Crippen LogP contribution in [-0.2, 0) is 6.42 Å². The summed E-state index contributed by atoms with van der Waals surface area (Å²) in [5.41, 5.74) is 9.68. The van der Waals surface area contributed by atoms with Crippen LogP contribution >= 0.6 is 0 Å². The molecule has 0 saturated carbocycles. The molecule has 0 aliphatic rings. The van der Waals surface area contributed by atoms with Gasteiger partial charge in [-0.05, 0) is 25.5 Å². The summed E-state index contributed by atoms with van der Waals surface area (Å²) < 4.78 is 0. The number of benzene rings is 1. The molecule has 0 fully saturated rings. The number of carbonyl (C=O) groups excluding carboxylic acids is 1. The first-order valence-electron chi connectivity index (χ1n) is 7.75. The highest BCUT2D eigenvalue weighted by molar-refractivity contribution is 6.01. The van der Waals surface area contributed by atoms with Crippen LogP contribution < -0.4 is 11.1 Å². The van der Waals surface area contributed by atoms with Crippen LogP contribution in [-0.4, -0.2) is 32.3 Å². The Balaban J connectivity index is 1.76. The number of hydrogen-bond donors (Lipinski definition) is 4. The highest BCUT2D eigenvalue weighted by Crippen LogP contribution is 2.27. The van der Waals surface area contributed by atoms with E-state index in [2.05, 4.69) is 25.7 Å². The summed E-state index contributed by atoms with van der Waals surface area (Å²) in [6.07, 6.45) is 0.639. The SMILES string of the molecule is Cc1cc(C[C@@H](C)NC(=O)c2[nH]nc(N)c2-c2ccccc2)n[nH]1. The van der Waals surface area contributed by atoms with Gasteiger partial charge in [0.25, 0.3) is 5.91 Å². The first-order chi connectivity index (χ1) is 11.5. The maximum atomic E-state index is 12.6. The molecule has 0 spiro atoms. The predicted octanol–water partition coefficient (Wildman–Crippen LogP) is 2.05. The van der Waals surface area contributed by atoms with Gasteiger partial charge in [0.2, 0.25) is 0 Å². The minimum absolute atomic E-state index is 0.0756. The number of hydrogen-bond acceptors (Lipinski definition) is 4. The van der Waals surface area contributed by atoms with E-state index in [1.54, 1.807) is 0 Å². The molecule has 1 amide bonds. The molecule has 3 rings (SSSR count). The first-order valence-corrected chi connectivity index (χ1v) is 7.75. The average molecular weight is 324 g/mol. The van der Waals surface area contributed by atoms with Gasteiger partial charge < -0.3 is 11.1 Å². The maximum Gasteiger partial charge on any atom is 0.270 e. The second-order valence-electron chi connectivity index (χ2n) is 5.85. The van der Waals surface area contributed by atoms with Gasteiger partial charge in [0.1, 0.15) is 5.69 Å². The Morgan fingerprint density at radius 2 is 2.00 bits per heavy atom. The number of aromatic nitrogens is 4. The summed E-state index contributed by atoms with van der Waals surface area (Å²) in [6, 6.07) is 11.4. The lowest BCUT2D eigenvalue weighted by Crippen LogP contribution is -2.34. The van der Waals surface area contributed by atoms with Crippen molar-refractivity contribution in [3.63, 3.8) is 0 Å². The van der Waals surface area contributed by atoms with E-state index in [1.807, 2.05) is 50.2 Å². The number of nitrogen functional groups attached to an aromatic ring is 1. The van der Waals surface area contributed by atoms with E-state index in [0.29, 0.717) is 23.5 Å². The van der Waals surface area contributed by atoms with E-state index in [-0.39, 0.29) is 11.9 Å². The highest BCUT2D eigenvalue weighted by atomic mass is 16.2. The van der Waals surface area contributed by atoms with Crippen molar-refractivity contribution in [3.8, 4) is 11.1 Å².